The molecule has 2 bridgehead atoms. The molecule has 2 saturated heterocycles. The number of likely N-dealkylation sites (tertiary alicyclic amines) is 1. The van der Waals surface area contributed by atoms with E-state index < -0.39 is 18.0 Å². The Morgan fingerprint density at radius 3 is 2.33 bits per heavy atom. The standard InChI is InChI=1S/C36H44N8O7/c1-50-28-18-26(19-29(20-28)51-2)35(48)41-13-10-25(11-14-41)34(47)42-15-16-44-31(23-42)33(46)37-21-27-22-43(40-39-27)12-6-9-32(45)38-30(36(44)49)17-24-7-4-3-5-8-24/h3-5,7-8,18-20,22,25,30-31H,6,9-17,21,23H2,1-2H3,(H,37,46)(H,38,45)/t30-,31+/m0/s1. The van der Waals surface area contributed by atoms with Crippen LogP contribution in [0.4, 0.5) is 0 Å². The number of piperidine rings is 1. The summed E-state index contributed by atoms with van der Waals surface area (Å²) in [5.41, 5.74) is 1.85. The predicted molar refractivity (Wildman–Crippen MR) is 183 cm³/mol. The molecular weight excluding hydrogens is 656 g/mol. The number of rotatable bonds is 6. The van der Waals surface area contributed by atoms with Gasteiger partial charge in [0.1, 0.15) is 29.3 Å². The van der Waals surface area contributed by atoms with Gasteiger partial charge in [0.05, 0.1) is 33.5 Å². The fourth-order valence-corrected chi connectivity index (χ4v) is 6.91. The second-order valence-corrected chi connectivity index (χ2v) is 13.1. The summed E-state index contributed by atoms with van der Waals surface area (Å²) in [4.78, 5) is 73.3. The van der Waals surface area contributed by atoms with E-state index in [9.17, 15) is 24.0 Å². The van der Waals surface area contributed by atoms with E-state index in [0.29, 0.717) is 61.7 Å². The van der Waals surface area contributed by atoms with Crippen LogP contribution < -0.4 is 20.1 Å². The van der Waals surface area contributed by atoms with E-state index in [-0.39, 0.29) is 68.6 Å². The van der Waals surface area contributed by atoms with Gasteiger partial charge in [-0.1, -0.05) is 35.5 Å². The summed E-state index contributed by atoms with van der Waals surface area (Å²) >= 11 is 0. The highest BCUT2D eigenvalue weighted by Gasteiger charge is 2.41. The number of ether oxygens (including phenoxy) is 2. The first-order valence-electron chi connectivity index (χ1n) is 17.3. The topological polar surface area (TPSA) is 168 Å². The molecule has 2 N–H and O–H groups in total. The number of hydrogen-bond donors (Lipinski definition) is 2. The first-order valence-corrected chi connectivity index (χ1v) is 17.3. The summed E-state index contributed by atoms with van der Waals surface area (Å²) < 4.78 is 12.3. The summed E-state index contributed by atoms with van der Waals surface area (Å²) in [5.74, 6) is -0.682. The Morgan fingerprint density at radius 2 is 1.63 bits per heavy atom. The van der Waals surface area contributed by atoms with Crippen LogP contribution in [-0.2, 0) is 38.7 Å². The molecule has 6 rings (SSSR count). The lowest BCUT2D eigenvalue weighted by Crippen LogP contribution is -2.65. The number of amides is 5. The van der Waals surface area contributed by atoms with Crippen LogP contribution in [0.25, 0.3) is 0 Å². The van der Waals surface area contributed by atoms with Crippen LogP contribution in [0.3, 0.4) is 0 Å². The van der Waals surface area contributed by atoms with Gasteiger partial charge in [-0.3, -0.25) is 28.7 Å². The van der Waals surface area contributed by atoms with E-state index in [1.807, 2.05) is 30.3 Å². The highest BCUT2D eigenvalue weighted by Crippen LogP contribution is 2.27. The fourth-order valence-electron chi connectivity index (χ4n) is 6.91. The maximum atomic E-state index is 14.2. The fraction of sp³-hybridized carbons (Fsp3) is 0.472. The molecule has 15 heteroatoms. The third-order valence-electron chi connectivity index (χ3n) is 9.74. The number of carbonyl (C=O) groups excluding carboxylic acids is 5. The number of aromatic nitrogens is 3. The van der Waals surface area contributed by atoms with Crippen molar-refractivity contribution in [1.82, 2.24) is 40.3 Å². The first-order chi connectivity index (χ1) is 24.7. The number of hydrogen-bond acceptors (Lipinski definition) is 9. The zero-order valence-electron chi connectivity index (χ0n) is 29.0. The highest BCUT2D eigenvalue weighted by atomic mass is 16.5. The summed E-state index contributed by atoms with van der Waals surface area (Å²) in [6, 6.07) is 12.6. The average molecular weight is 701 g/mol. The van der Waals surface area contributed by atoms with Crippen molar-refractivity contribution in [2.75, 3.05) is 46.9 Å². The van der Waals surface area contributed by atoms with Crippen molar-refractivity contribution in [1.29, 1.82) is 0 Å². The second kappa shape index (κ2) is 16.0. The summed E-state index contributed by atoms with van der Waals surface area (Å²) in [6.07, 6.45) is 3.58. The van der Waals surface area contributed by atoms with Crippen molar-refractivity contribution >= 4 is 29.5 Å². The summed E-state index contributed by atoms with van der Waals surface area (Å²) in [6.45, 7) is 1.68. The van der Waals surface area contributed by atoms with Crippen molar-refractivity contribution in [2.24, 2.45) is 5.92 Å². The average Bonchev–Trinajstić information content (AvgIpc) is 3.63. The van der Waals surface area contributed by atoms with E-state index in [1.54, 1.807) is 38.9 Å². The summed E-state index contributed by atoms with van der Waals surface area (Å²) in [5, 5.41) is 14.1. The molecule has 3 aromatic rings. The Morgan fingerprint density at radius 1 is 0.902 bits per heavy atom. The van der Waals surface area contributed by atoms with Crippen molar-refractivity contribution in [3.8, 4) is 11.5 Å². The van der Waals surface area contributed by atoms with E-state index in [1.165, 1.54) is 19.1 Å². The van der Waals surface area contributed by atoms with Crippen LogP contribution >= 0.6 is 0 Å². The van der Waals surface area contributed by atoms with Gasteiger partial charge >= 0.3 is 0 Å². The molecule has 0 aliphatic carbocycles. The predicted octanol–water partition coefficient (Wildman–Crippen LogP) is 1.02. The van der Waals surface area contributed by atoms with Gasteiger partial charge in [-0.05, 0) is 37.0 Å². The van der Waals surface area contributed by atoms with Crippen molar-refractivity contribution in [2.45, 2.75) is 57.3 Å². The van der Waals surface area contributed by atoms with Gasteiger partial charge in [0.25, 0.3) is 5.91 Å². The van der Waals surface area contributed by atoms with Crippen molar-refractivity contribution in [3.05, 3.63) is 71.5 Å². The Balaban J connectivity index is 1.16. The molecule has 5 amide bonds. The van der Waals surface area contributed by atoms with Crippen LogP contribution in [0.15, 0.2) is 54.7 Å². The number of nitrogens with zero attached hydrogens (tertiary/aromatic N) is 6. The molecule has 1 aromatic heterocycles. The van der Waals surface area contributed by atoms with E-state index in [2.05, 4.69) is 20.9 Å². The van der Waals surface area contributed by atoms with Crippen LogP contribution in [-0.4, -0.2) is 118 Å². The normalized spacial score (nSPS) is 20.7. The molecule has 2 aromatic carbocycles. The zero-order valence-corrected chi connectivity index (χ0v) is 29.0. The minimum Gasteiger partial charge on any atom is -0.497 e. The molecule has 0 spiro atoms. The molecule has 2 fully saturated rings. The largest absolute Gasteiger partial charge is 0.497 e. The molecule has 51 heavy (non-hydrogen) atoms. The van der Waals surface area contributed by atoms with Crippen molar-refractivity contribution < 1.29 is 33.4 Å². The lowest BCUT2D eigenvalue weighted by molar-refractivity contribution is -0.152. The van der Waals surface area contributed by atoms with Gasteiger partial charge in [-0.25, -0.2) is 0 Å². The molecule has 0 unspecified atom stereocenters. The molecule has 4 heterocycles. The molecule has 3 aliphatic rings. The van der Waals surface area contributed by atoms with Gasteiger partial charge in [0.15, 0.2) is 0 Å². The molecule has 2 atom stereocenters. The first kappa shape index (κ1) is 35.4. The molecule has 0 saturated carbocycles. The Labute approximate surface area is 296 Å². The minimum absolute atomic E-state index is 0.00213. The monoisotopic (exact) mass is 700 g/mol. The van der Waals surface area contributed by atoms with Gasteiger partial charge in [0.2, 0.25) is 23.6 Å². The number of nitrogens with one attached hydrogen (secondary N) is 2. The molecule has 0 radical (unpaired) electrons. The Bertz CT molecular complexity index is 1720. The van der Waals surface area contributed by atoms with Crippen molar-refractivity contribution in [3.63, 3.8) is 0 Å². The van der Waals surface area contributed by atoms with E-state index >= 15 is 0 Å². The molecule has 270 valence electrons. The maximum Gasteiger partial charge on any atom is 0.254 e. The SMILES string of the molecule is COc1cc(OC)cc(C(=O)N2CCC(C(=O)N3CCN4C(=O)[C@H](Cc5ccccc5)NC(=O)CCCn5cc(nn5)CNC(=O)[C@H]4C3)CC2)c1. The Hall–Kier alpha value is -5.47. The smallest absolute Gasteiger partial charge is 0.254 e. The lowest BCUT2D eigenvalue weighted by atomic mass is 9.93. The summed E-state index contributed by atoms with van der Waals surface area (Å²) in [7, 11) is 3.05. The molecular formula is C36H44N8O7. The number of aryl methyl sites for hydroxylation is 1. The second-order valence-electron chi connectivity index (χ2n) is 13.1. The van der Waals surface area contributed by atoms with Gasteiger partial charge in [0, 0.05) is 63.1 Å². The number of methoxy groups -OCH3 is 2. The van der Waals surface area contributed by atoms with E-state index in [0.717, 1.165) is 5.56 Å². The highest BCUT2D eigenvalue weighted by molar-refractivity contribution is 5.96. The van der Waals surface area contributed by atoms with Crippen LogP contribution in [0.2, 0.25) is 0 Å². The number of benzene rings is 2. The zero-order chi connectivity index (χ0) is 35.9. The number of piperazine rings is 1. The minimum atomic E-state index is -0.991. The van der Waals surface area contributed by atoms with E-state index in [4.69, 9.17) is 9.47 Å². The number of carbonyl (C=O) groups is 5. The quantitative estimate of drug-likeness (QED) is 0.382. The number of fused-ring (bicyclic) bond motifs is 3. The molecule has 15 nitrogen and oxygen atoms in total. The van der Waals surface area contributed by atoms with Gasteiger partial charge in [-0.2, -0.15) is 0 Å². The third kappa shape index (κ3) is 8.47. The third-order valence-corrected chi connectivity index (χ3v) is 9.74. The van der Waals surface area contributed by atoms with Crippen LogP contribution in [0, 0.1) is 5.92 Å². The lowest BCUT2D eigenvalue weighted by Gasteiger charge is -2.43. The van der Waals surface area contributed by atoms with Gasteiger partial charge in [-0.15, -0.1) is 5.10 Å². The Kier molecular flexibility index (Phi) is 11.1. The maximum absolute atomic E-state index is 14.2. The molecule has 3 aliphatic heterocycles. The van der Waals surface area contributed by atoms with Crippen LogP contribution in [0.5, 0.6) is 11.5 Å². The van der Waals surface area contributed by atoms with Gasteiger partial charge < -0.3 is 34.8 Å². The van der Waals surface area contributed by atoms with Crippen LogP contribution in [0.1, 0.15) is 47.3 Å².